The van der Waals surface area contributed by atoms with Crippen LogP contribution in [-0.2, 0) is 4.74 Å². The zero-order chi connectivity index (χ0) is 7.11. The molecule has 9 heavy (non-hydrogen) atoms. The van der Waals surface area contributed by atoms with Crippen LogP contribution in [0.3, 0.4) is 0 Å². The molecule has 0 aliphatic rings. The summed E-state index contributed by atoms with van der Waals surface area (Å²) in [6, 6.07) is 0. The molecule has 1 unspecified atom stereocenters. The van der Waals surface area contributed by atoms with Crippen LogP contribution in [0.1, 0.15) is 6.42 Å². The second-order valence-electron chi connectivity index (χ2n) is 2.00. The number of nitrogens with one attached hydrogen (secondary N) is 1. The molecule has 0 aromatic rings. The minimum absolute atomic E-state index is 0.317. The predicted octanol–water partition coefficient (Wildman–Crippen LogP) is -0.397. The zero-order valence-electron chi connectivity index (χ0n) is 6.05. The van der Waals surface area contributed by atoms with Gasteiger partial charge < -0.3 is 15.2 Å². The quantitative estimate of drug-likeness (QED) is 0.536. The lowest BCUT2D eigenvalue weighted by atomic mass is 10.3. The molecule has 0 aliphatic carbocycles. The van der Waals surface area contributed by atoms with E-state index in [9.17, 15) is 0 Å². The fourth-order valence-electron chi connectivity index (χ4n) is 0.587. The Hall–Kier alpha value is -0.120. The first-order valence-electron chi connectivity index (χ1n) is 3.13. The van der Waals surface area contributed by atoms with Gasteiger partial charge in [0.1, 0.15) is 0 Å². The van der Waals surface area contributed by atoms with Crippen LogP contribution in [0.5, 0.6) is 0 Å². The van der Waals surface area contributed by atoms with Gasteiger partial charge in [-0.2, -0.15) is 0 Å². The van der Waals surface area contributed by atoms with E-state index < -0.39 is 0 Å². The van der Waals surface area contributed by atoms with E-state index in [-0.39, 0.29) is 6.10 Å². The largest absolute Gasteiger partial charge is 0.391 e. The van der Waals surface area contributed by atoms with Gasteiger partial charge in [-0.1, -0.05) is 0 Å². The Morgan fingerprint density at radius 1 is 1.67 bits per heavy atom. The van der Waals surface area contributed by atoms with Gasteiger partial charge in [-0.3, -0.25) is 0 Å². The molecular weight excluding hydrogens is 118 g/mol. The summed E-state index contributed by atoms with van der Waals surface area (Å²) in [5, 5.41) is 12.0. The highest BCUT2D eigenvalue weighted by atomic mass is 16.5. The lowest BCUT2D eigenvalue weighted by Crippen LogP contribution is -2.20. The van der Waals surface area contributed by atoms with Crippen LogP contribution in [0.4, 0.5) is 0 Å². The highest BCUT2D eigenvalue weighted by Crippen LogP contribution is 1.88. The maximum absolute atomic E-state index is 9.02. The van der Waals surface area contributed by atoms with Crippen molar-refractivity contribution >= 4 is 0 Å². The van der Waals surface area contributed by atoms with E-state index >= 15 is 0 Å². The monoisotopic (exact) mass is 133 g/mol. The van der Waals surface area contributed by atoms with Crippen LogP contribution in [-0.4, -0.2) is 38.5 Å². The summed E-state index contributed by atoms with van der Waals surface area (Å²) in [7, 11) is 3.45. The van der Waals surface area contributed by atoms with Gasteiger partial charge in [0.25, 0.3) is 0 Å². The van der Waals surface area contributed by atoms with Crippen molar-refractivity contribution in [3.8, 4) is 0 Å². The van der Waals surface area contributed by atoms with Gasteiger partial charge in [0.05, 0.1) is 12.7 Å². The average molecular weight is 133 g/mol. The third-order valence-electron chi connectivity index (χ3n) is 1.09. The van der Waals surface area contributed by atoms with Crippen LogP contribution < -0.4 is 5.32 Å². The predicted molar refractivity (Wildman–Crippen MR) is 36.4 cm³/mol. The van der Waals surface area contributed by atoms with Gasteiger partial charge in [-0.05, 0) is 20.0 Å². The summed E-state index contributed by atoms with van der Waals surface area (Å²) < 4.78 is 4.72. The van der Waals surface area contributed by atoms with Gasteiger partial charge in [0, 0.05) is 7.11 Å². The number of rotatable bonds is 5. The number of hydrogen-bond donors (Lipinski definition) is 2. The smallest absolute Gasteiger partial charge is 0.0785 e. The van der Waals surface area contributed by atoms with Gasteiger partial charge in [-0.25, -0.2) is 0 Å². The number of methoxy groups -OCH3 is 1. The number of aliphatic hydroxyl groups is 1. The minimum Gasteiger partial charge on any atom is -0.391 e. The number of aliphatic hydroxyl groups excluding tert-OH is 1. The second kappa shape index (κ2) is 6.01. The summed E-state index contributed by atoms with van der Waals surface area (Å²) >= 11 is 0. The SMILES string of the molecule is CNCCC(O)COC. The van der Waals surface area contributed by atoms with E-state index in [0.717, 1.165) is 13.0 Å². The van der Waals surface area contributed by atoms with E-state index in [2.05, 4.69) is 5.32 Å². The van der Waals surface area contributed by atoms with Crippen molar-refractivity contribution in [3.05, 3.63) is 0 Å². The van der Waals surface area contributed by atoms with E-state index in [1.165, 1.54) is 0 Å². The molecule has 3 nitrogen and oxygen atoms in total. The Balaban J connectivity index is 2.95. The molecule has 0 saturated carbocycles. The molecule has 1 atom stereocenters. The Labute approximate surface area is 56.0 Å². The second-order valence-corrected chi connectivity index (χ2v) is 2.00. The van der Waals surface area contributed by atoms with Crippen molar-refractivity contribution in [1.82, 2.24) is 5.32 Å². The lowest BCUT2D eigenvalue weighted by Gasteiger charge is -2.07. The highest BCUT2D eigenvalue weighted by Gasteiger charge is 1.99. The standard InChI is InChI=1S/C6H15NO2/c1-7-4-3-6(8)5-9-2/h6-8H,3-5H2,1-2H3. The molecule has 0 aromatic heterocycles. The van der Waals surface area contributed by atoms with Crippen LogP contribution in [0, 0.1) is 0 Å². The Morgan fingerprint density at radius 2 is 2.33 bits per heavy atom. The van der Waals surface area contributed by atoms with Crippen LogP contribution in [0.25, 0.3) is 0 Å². The summed E-state index contributed by atoms with van der Waals surface area (Å²) in [4.78, 5) is 0. The van der Waals surface area contributed by atoms with Gasteiger partial charge in [0.2, 0.25) is 0 Å². The number of hydrogen-bond acceptors (Lipinski definition) is 3. The van der Waals surface area contributed by atoms with Crippen LogP contribution >= 0.6 is 0 Å². The van der Waals surface area contributed by atoms with Crippen molar-refractivity contribution < 1.29 is 9.84 Å². The zero-order valence-corrected chi connectivity index (χ0v) is 6.05. The first-order valence-corrected chi connectivity index (χ1v) is 3.13. The minimum atomic E-state index is -0.317. The molecule has 0 rings (SSSR count). The third kappa shape index (κ3) is 5.76. The molecule has 3 heteroatoms. The topological polar surface area (TPSA) is 41.5 Å². The Morgan fingerprint density at radius 3 is 2.78 bits per heavy atom. The average Bonchev–Trinajstić information content (AvgIpc) is 1.85. The van der Waals surface area contributed by atoms with Crippen molar-refractivity contribution in [2.45, 2.75) is 12.5 Å². The lowest BCUT2D eigenvalue weighted by molar-refractivity contribution is 0.0598. The fraction of sp³-hybridized carbons (Fsp3) is 1.00. The summed E-state index contributed by atoms with van der Waals surface area (Å²) in [6.07, 6.45) is 0.437. The molecular formula is C6H15NO2. The first kappa shape index (κ1) is 8.88. The summed E-state index contributed by atoms with van der Waals surface area (Å²) in [5.74, 6) is 0. The molecule has 2 N–H and O–H groups in total. The molecule has 0 aromatic carbocycles. The van der Waals surface area contributed by atoms with E-state index in [4.69, 9.17) is 9.84 Å². The van der Waals surface area contributed by atoms with Gasteiger partial charge >= 0.3 is 0 Å². The molecule has 0 bridgehead atoms. The van der Waals surface area contributed by atoms with Crippen molar-refractivity contribution in [2.24, 2.45) is 0 Å². The molecule has 0 saturated heterocycles. The maximum atomic E-state index is 9.02. The Kier molecular flexibility index (Phi) is 5.93. The van der Waals surface area contributed by atoms with E-state index in [1.807, 2.05) is 7.05 Å². The molecule has 56 valence electrons. The van der Waals surface area contributed by atoms with Crippen molar-refractivity contribution in [3.63, 3.8) is 0 Å². The molecule has 0 radical (unpaired) electrons. The fourth-order valence-corrected chi connectivity index (χ4v) is 0.587. The van der Waals surface area contributed by atoms with Gasteiger partial charge in [-0.15, -0.1) is 0 Å². The van der Waals surface area contributed by atoms with Crippen molar-refractivity contribution in [1.29, 1.82) is 0 Å². The van der Waals surface area contributed by atoms with E-state index in [0.29, 0.717) is 6.61 Å². The van der Waals surface area contributed by atoms with Crippen LogP contribution in [0.15, 0.2) is 0 Å². The molecule has 0 aliphatic heterocycles. The first-order chi connectivity index (χ1) is 4.31. The molecule has 0 spiro atoms. The van der Waals surface area contributed by atoms with Gasteiger partial charge in [0.15, 0.2) is 0 Å². The third-order valence-corrected chi connectivity index (χ3v) is 1.09. The number of ether oxygens (including phenoxy) is 1. The maximum Gasteiger partial charge on any atom is 0.0785 e. The molecule has 0 heterocycles. The van der Waals surface area contributed by atoms with E-state index in [1.54, 1.807) is 7.11 Å². The summed E-state index contributed by atoms with van der Waals surface area (Å²) in [5.41, 5.74) is 0. The molecule has 0 fully saturated rings. The highest BCUT2D eigenvalue weighted by molar-refractivity contribution is 4.53. The molecule has 0 amide bonds. The Bertz CT molecular complexity index is 59.0. The normalized spacial score (nSPS) is 13.7. The van der Waals surface area contributed by atoms with Crippen molar-refractivity contribution in [2.75, 3.05) is 27.3 Å². The van der Waals surface area contributed by atoms with Crippen LogP contribution in [0.2, 0.25) is 0 Å². The summed E-state index contributed by atoms with van der Waals surface area (Å²) in [6.45, 7) is 1.27.